The molecule has 0 fully saturated rings. The Morgan fingerprint density at radius 3 is 2.96 bits per heavy atom. The maximum Gasteiger partial charge on any atom is 0.278 e. The molecule has 0 bridgehead atoms. The van der Waals surface area contributed by atoms with Crippen molar-refractivity contribution in [1.82, 2.24) is 10.4 Å². The number of nitriles is 1. The lowest BCUT2D eigenvalue weighted by molar-refractivity contribution is -0.123. The molecule has 2 aromatic rings. The van der Waals surface area contributed by atoms with Gasteiger partial charge in [0.2, 0.25) is 5.88 Å². The Hall–Kier alpha value is -3.44. The Labute approximate surface area is 150 Å². The average molecular weight is 354 g/mol. The number of ether oxygens (including phenoxy) is 2. The van der Waals surface area contributed by atoms with Crippen LogP contribution in [0.15, 0.2) is 35.4 Å². The number of carbonyl (C=O) groups excluding carboxylic acids is 1. The average Bonchev–Trinajstić information content (AvgIpc) is 2.60. The number of hydrogen-bond donors (Lipinski definition) is 2. The quantitative estimate of drug-likeness (QED) is 0.577. The Bertz CT molecular complexity index is 859. The largest absolute Gasteiger partial charge is 0.508 e. The predicted molar refractivity (Wildman–Crippen MR) is 93.7 cm³/mol. The van der Waals surface area contributed by atoms with Crippen LogP contribution >= 0.6 is 0 Å². The molecule has 0 saturated heterocycles. The van der Waals surface area contributed by atoms with Crippen molar-refractivity contribution in [1.29, 1.82) is 5.26 Å². The summed E-state index contributed by atoms with van der Waals surface area (Å²) in [6, 6.07) is 10.2. The summed E-state index contributed by atoms with van der Waals surface area (Å²) in [6.45, 7) is 1.64. The van der Waals surface area contributed by atoms with Crippen molar-refractivity contribution in [3.63, 3.8) is 0 Å². The van der Waals surface area contributed by atoms with E-state index in [-0.39, 0.29) is 30.4 Å². The lowest BCUT2D eigenvalue weighted by Gasteiger charge is -2.10. The van der Waals surface area contributed by atoms with Gasteiger partial charge >= 0.3 is 0 Å². The third-order valence-corrected chi connectivity index (χ3v) is 3.22. The molecule has 2 rings (SSSR count). The number of hydrazone groups is 1. The molecule has 0 spiro atoms. The van der Waals surface area contributed by atoms with E-state index in [4.69, 9.17) is 9.47 Å². The van der Waals surface area contributed by atoms with Gasteiger partial charge < -0.3 is 14.6 Å². The zero-order chi connectivity index (χ0) is 18.9. The van der Waals surface area contributed by atoms with Crippen LogP contribution in [0.3, 0.4) is 0 Å². The fourth-order valence-corrected chi connectivity index (χ4v) is 2.15. The van der Waals surface area contributed by atoms with Gasteiger partial charge in [0.15, 0.2) is 6.61 Å². The summed E-state index contributed by atoms with van der Waals surface area (Å²) in [5.74, 6) is -0.335. The molecule has 0 unspecified atom stereocenters. The van der Waals surface area contributed by atoms with E-state index in [1.54, 1.807) is 25.1 Å². The van der Waals surface area contributed by atoms with Gasteiger partial charge in [-0.05, 0) is 30.7 Å². The number of phenolic OH excluding ortho intramolecular Hbond substituents is 1. The van der Waals surface area contributed by atoms with Gasteiger partial charge in [-0.2, -0.15) is 10.4 Å². The number of rotatable bonds is 7. The van der Waals surface area contributed by atoms with Crippen LogP contribution in [0.2, 0.25) is 0 Å². The number of benzene rings is 1. The number of phenols is 1. The van der Waals surface area contributed by atoms with Crippen LogP contribution in [0.5, 0.6) is 11.6 Å². The number of methoxy groups -OCH3 is 1. The minimum absolute atomic E-state index is 0.0756. The van der Waals surface area contributed by atoms with Crippen LogP contribution in [0, 0.1) is 18.3 Å². The number of carbonyl (C=O) groups is 1. The van der Waals surface area contributed by atoms with E-state index in [9.17, 15) is 15.2 Å². The first-order valence-electron chi connectivity index (χ1n) is 7.66. The highest BCUT2D eigenvalue weighted by Gasteiger charge is 2.14. The number of hydrogen-bond acceptors (Lipinski definition) is 7. The zero-order valence-corrected chi connectivity index (χ0v) is 14.4. The zero-order valence-electron chi connectivity index (χ0n) is 14.4. The molecule has 0 aliphatic carbocycles. The van der Waals surface area contributed by atoms with E-state index in [2.05, 4.69) is 15.5 Å². The van der Waals surface area contributed by atoms with Crippen LogP contribution in [-0.2, 0) is 16.1 Å². The second-order valence-corrected chi connectivity index (χ2v) is 5.32. The minimum Gasteiger partial charge on any atom is -0.508 e. The molecule has 0 atom stereocenters. The molecular weight excluding hydrogens is 336 g/mol. The number of amides is 1. The first-order valence-corrected chi connectivity index (χ1v) is 7.66. The van der Waals surface area contributed by atoms with Gasteiger partial charge in [0.05, 0.1) is 12.8 Å². The highest BCUT2D eigenvalue weighted by Crippen LogP contribution is 2.21. The molecular formula is C18H18N4O4. The van der Waals surface area contributed by atoms with Crippen LogP contribution in [0.1, 0.15) is 22.4 Å². The second-order valence-electron chi connectivity index (χ2n) is 5.32. The fraction of sp³-hybridized carbons (Fsp3) is 0.222. The first-order chi connectivity index (χ1) is 12.5. The monoisotopic (exact) mass is 354 g/mol. The normalized spacial score (nSPS) is 10.5. The van der Waals surface area contributed by atoms with E-state index in [0.717, 1.165) is 0 Å². The van der Waals surface area contributed by atoms with Crippen LogP contribution < -0.4 is 10.2 Å². The smallest absolute Gasteiger partial charge is 0.278 e. The molecule has 0 saturated carbocycles. The first kappa shape index (κ1) is 18.9. The van der Waals surface area contributed by atoms with Gasteiger partial charge in [0.1, 0.15) is 17.4 Å². The maximum atomic E-state index is 11.8. The van der Waals surface area contributed by atoms with Gasteiger partial charge in [-0.3, -0.25) is 4.79 Å². The number of pyridine rings is 1. The van der Waals surface area contributed by atoms with E-state index in [1.807, 2.05) is 6.07 Å². The van der Waals surface area contributed by atoms with Crippen molar-refractivity contribution in [3.8, 4) is 17.7 Å². The van der Waals surface area contributed by atoms with Gasteiger partial charge in [-0.25, -0.2) is 10.4 Å². The SMILES string of the molecule is COCc1cc(C)nc(OCC(=O)N/N=C\c2cccc(O)c2)c1C#N. The summed E-state index contributed by atoms with van der Waals surface area (Å²) in [7, 11) is 1.52. The van der Waals surface area contributed by atoms with Crippen molar-refractivity contribution in [3.05, 3.63) is 52.7 Å². The fourth-order valence-electron chi connectivity index (χ4n) is 2.15. The number of nitrogens with one attached hydrogen (secondary N) is 1. The van der Waals surface area contributed by atoms with E-state index in [1.165, 1.54) is 25.5 Å². The summed E-state index contributed by atoms with van der Waals surface area (Å²) >= 11 is 0. The summed E-state index contributed by atoms with van der Waals surface area (Å²) in [6.07, 6.45) is 1.39. The Kier molecular flexibility index (Phi) is 6.65. The van der Waals surface area contributed by atoms with Crippen molar-refractivity contribution >= 4 is 12.1 Å². The minimum atomic E-state index is -0.512. The highest BCUT2D eigenvalue weighted by molar-refractivity contribution is 5.83. The van der Waals surface area contributed by atoms with Crippen molar-refractivity contribution in [2.45, 2.75) is 13.5 Å². The lowest BCUT2D eigenvalue weighted by Crippen LogP contribution is -2.25. The van der Waals surface area contributed by atoms with Crippen molar-refractivity contribution < 1.29 is 19.4 Å². The molecule has 26 heavy (non-hydrogen) atoms. The third-order valence-electron chi connectivity index (χ3n) is 3.22. The predicted octanol–water partition coefficient (Wildman–Crippen LogP) is 1.64. The van der Waals surface area contributed by atoms with Crippen LogP contribution in [-0.4, -0.2) is 35.9 Å². The molecule has 1 aromatic heterocycles. The van der Waals surface area contributed by atoms with Gasteiger partial charge in [-0.15, -0.1) is 0 Å². The number of nitrogens with zero attached hydrogens (tertiary/aromatic N) is 3. The van der Waals surface area contributed by atoms with E-state index < -0.39 is 5.91 Å². The molecule has 0 radical (unpaired) electrons. The molecule has 2 N–H and O–H groups in total. The molecule has 1 aromatic carbocycles. The Morgan fingerprint density at radius 2 is 2.27 bits per heavy atom. The van der Waals surface area contributed by atoms with Gasteiger partial charge in [0.25, 0.3) is 5.91 Å². The molecule has 8 heteroatoms. The highest BCUT2D eigenvalue weighted by atomic mass is 16.5. The summed E-state index contributed by atoms with van der Waals surface area (Å²) in [4.78, 5) is 16.0. The third kappa shape index (κ3) is 5.29. The Balaban J connectivity index is 1.98. The number of aryl methyl sites for hydroxylation is 1. The van der Waals surface area contributed by atoms with Gasteiger partial charge in [-0.1, -0.05) is 12.1 Å². The van der Waals surface area contributed by atoms with E-state index >= 15 is 0 Å². The molecule has 0 aliphatic heterocycles. The molecule has 1 amide bonds. The summed E-state index contributed by atoms with van der Waals surface area (Å²) in [5, 5.41) is 22.4. The van der Waals surface area contributed by atoms with Crippen molar-refractivity contribution in [2.75, 3.05) is 13.7 Å². The summed E-state index contributed by atoms with van der Waals surface area (Å²) < 4.78 is 10.4. The molecule has 8 nitrogen and oxygen atoms in total. The molecule has 134 valence electrons. The Morgan fingerprint density at radius 1 is 1.46 bits per heavy atom. The lowest BCUT2D eigenvalue weighted by atomic mass is 10.1. The molecule has 0 aliphatic rings. The topological polar surface area (TPSA) is 117 Å². The van der Waals surface area contributed by atoms with Crippen molar-refractivity contribution in [2.24, 2.45) is 5.10 Å². The maximum absolute atomic E-state index is 11.8. The van der Waals surface area contributed by atoms with Gasteiger partial charge in [0, 0.05) is 18.4 Å². The standard InChI is InChI=1S/C18H18N4O4/c1-12-6-14(10-25-2)16(8-19)18(21-12)26-11-17(24)22-20-9-13-4-3-5-15(23)7-13/h3-7,9,23H,10-11H2,1-2H3,(H,22,24)/b20-9-. The van der Waals surface area contributed by atoms with Crippen LogP contribution in [0.4, 0.5) is 0 Å². The number of aromatic hydroxyl groups is 1. The molecule has 1 heterocycles. The second kappa shape index (κ2) is 9.15. The number of aromatic nitrogens is 1. The van der Waals surface area contributed by atoms with E-state index in [0.29, 0.717) is 16.8 Å². The summed E-state index contributed by atoms with van der Waals surface area (Å²) in [5.41, 5.74) is 4.44. The van der Waals surface area contributed by atoms with Crippen LogP contribution in [0.25, 0.3) is 0 Å².